The molecule has 2 aromatic rings. The summed E-state index contributed by atoms with van der Waals surface area (Å²) in [5.74, 6) is -0.00615. The van der Waals surface area contributed by atoms with Crippen LogP contribution in [0.3, 0.4) is 0 Å². The Labute approximate surface area is 141 Å². The fraction of sp³-hybridized carbons (Fsp3) is 0.350. The molecule has 1 spiro atoms. The Hall–Kier alpha value is -2.20. The monoisotopic (exact) mass is 324 g/mol. The average Bonchev–Trinajstić information content (AvgIpc) is 3.16. The number of hydrogen-bond donors (Lipinski definition) is 1. The molecule has 24 heavy (non-hydrogen) atoms. The lowest BCUT2D eigenvalue weighted by atomic mass is 9.95. The number of carbonyl (C=O) groups excluding carboxylic acids is 1. The van der Waals surface area contributed by atoms with E-state index < -0.39 is 5.54 Å². The van der Waals surface area contributed by atoms with Crippen molar-refractivity contribution < 1.29 is 9.18 Å². The van der Waals surface area contributed by atoms with Crippen LogP contribution in [-0.4, -0.2) is 29.9 Å². The molecular formula is C20H21FN2O. The molecule has 0 unspecified atom stereocenters. The number of rotatable bonds is 2. The third-order valence-corrected chi connectivity index (χ3v) is 5.41. The van der Waals surface area contributed by atoms with Gasteiger partial charge in [-0.15, -0.1) is 0 Å². The lowest BCUT2D eigenvalue weighted by Gasteiger charge is -2.23. The summed E-state index contributed by atoms with van der Waals surface area (Å²) in [6.45, 7) is 0.813. The molecular weight excluding hydrogens is 303 g/mol. The van der Waals surface area contributed by atoms with Gasteiger partial charge in [0.05, 0.1) is 0 Å². The third kappa shape index (κ3) is 2.42. The first-order valence-electron chi connectivity index (χ1n) is 8.47. The van der Waals surface area contributed by atoms with E-state index in [2.05, 4.69) is 11.4 Å². The summed E-state index contributed by atoms with van der Waals surface area (Å²) in [6.07, 6.45) is 2.66. The van der Waals surface area contributed by atoms with Gasteiger partial charge in [0, 0.05) is 25.2 Å². The quantitative estimate of drug-likeness (QED) is 0.917. The van der Waals surface area contributed by atoms with Crippen LogP contribution in [0.2, 0.25) is 0 Å². The highest BCUT2D eigenvalue weighted by Crippen LogP contribution is 2.39. The van der Waals surface area contributed by atoms with Gasteiger partial charge in [0.1, 0.15) is 11.4 Å². The van der Waals surface area contributed by atoms with Crippen molar-refractivity contribution in [1.29, 1.82) is 0 Å². The second-order valence-electron chi connectivity index (χ2n) is 6.90. The van der Waals surface area contributed by atoms with Gasteiger partial charge < -0.3 is 4.90 Å². The van der Waals surface area contributed by atoms with E-state index >= 15 is 0 Å². The summed E-state index contributed by atoms with van der Waals surface area (Å²) < 4.78 is 14.1. The van der Waals surface area contributed by atoms with Crippen LogP contribution in [-0.2, 0) is 4.79 Å². The maximum Gasteiger partial charge on any atom is 0.242 e. The molecule has 2 heterocycles. The van der Waals surface area contributed by atoms with Crippen LogP contribution < -0.4 is 5.32 Å². The number of nitrogens with one attached hydrogen (secondary N) is 1. The summed E-state index contributed by atoms with van der Waals surface area (Å²) in [5.41, 5.74) is 2.22. The number of carbonyl (C=O) groups is 1. The molecule has 0 bridgehead atoms. The van der Waals surface area contributed by atoms with E-state index in [1.165, 1.54) is 6.07 Å². The van der Waals surface area contributed by atoms with Gasteiger partial charge >= 0.3 is 0 Å². The minimum Gasteiger partial charge on any atom is -0.344 e. The van der Waals surface area contributed by atoms with Crippen molar-refractivity contribution >= 4 is 5.91 Å². The van der Waals surface area contributed by atoms with Crippen molar-refractivity contribution in [3.63, 3.8) is 0 Å². The summed E-state index contributed by atoms with van der Waals surface area (Å²) in [7, 11) is 1.87. The zero-order valence-corrected chi connectivity index (χ0v) is 13.8. The minimum atomic E-state index is -0.395. The smallest absolute Gasteiger partial charge is 0.242 e. The van der Waals surface area contributed by atoms with Gasteiger partial charge in [-0.25, -0.2) is 4.39 Å². The summed E-state index contributed by atoms with van der Waals surface area (Å²) in [5, 5.41) is 3.57. The van der Waals surface area contributed by atoms with Gasteiger partial charge in [-0.1, -0.05) is 36.4 Å². The van der Waals surface area contributed by atoms with E-state index in [-0.39, 0.29) is 17.8 Å². The number of benzene rings is 2. The van der Waals surface area contributed by atoms with Crippen LogP contribution in [0.1, 0.15) is 30.9 Å². The first-order valence-corrected chi connectivity index (χ1v) is 8.47. The molecule has 4 heteroatoms. The molecule has 0 aromatic heterocycles. The van der Waals surface area contributed by atoms with E-state index in [0.29, 0.717) is 5.56 Å². The van der Waals surface area contributed by atoms with Gasteiger partial charge in [-0.05, 0) is 42.5 Å². The van der Waals surface area contributed by atoms with Gasteiger partial charge in [-0.3, -0.25) is 10.1 Å². The highest BCUT2D eigenvalue weighted by atomic mass is 19.1. The van der Waals surface area contributed by atoms with Crippen molar-refractivity contribution in [3.05, 3.63) is 59.9 Å². The fourth-order valence-electron chi connectivity index (χ4n) is 4.04. The Kier molecular flexibility index (Phi) is 3.65. The van der Waals surface area contributed by atoms with Crippen molar-refractivity contribution in [2.75, 3.05) is 13.6 Å². The van der Waals surface area contributed by atoms with Crippen molar-refractivity contribution in [3.8, 4) is 11.1 Å². The highest BCUT2D eigenvalue weighted by molar-refractivity contribution is 5.88. The molecule has 1 N–H and O–H groups in total. The first-order chi connectivity index (χ1) is 11.6. The Morgan fingerprint density at radius 3 is 2.75 bits per heavy atom. The first kappa shape index (κ1) is 15.3. The van der Waals surface area contributed by atoms with Crippen LogP contribution in [0, 0.1) is 5.82 Å². The van der Waals surface area contributed by atoms with Gasteiger partial charge in [-0.2, -0.15) is 0 Å². The van der Waals surface area contributed by atoms with Crippen molar-refractivity contribution in [1.82, 2.24) is 10.2 Å². The van der Waals surface area contributed by atoms with E-state index in [1.807, 2.05) is 36.2 Å². The number of nitrogens with zero attached hydrogens (tertiary/aromatic N) is 1. The molecule has 2 saturated heterocycles. The number of hydrogen-bond acceptors (Lipinski definition) is 2. The van der Waals surface area contributed by atoms with Crippen LogP contribution >= 0.6 is 0 Å². The molecule has 2 aliphatic rings. The van der Waals surface area contributed by atoms with Crippen LogP contribution in [0.4, 0.5) is 4.39 Å². The fourth-order valence-corrected chi connectivity index (χ4v) is 4.04. The molecule has 2 fully saturated rings. The van der Waals surface area contributed by atoms with Gasteiger partial charge in [0.2, 0.25) is 5.91 Å². The van der Waals surface area contributed by atoms with Crippen LogP contribution in [0.5, 0.6) is 0 Å². The second-order valence-corrected chi connectivity index (χ2v) is 6.90. The lowest BCUT2D eigenvalue weighted by Crippen LogP contribution is -2.47. The van der Waals surface area contributed by atoms with Crippen molar-refractivity contribution in [2.45, 2.75) is 30.8 Å². The molecule has 124 valence electrons. The molecule has 4 rings (SSSR count). The maximum absolute atomic E-state index is 14.1. The summed E-state index contributed by atoms with van der Waals surface area (Å²) in [4.78, 5) is 14.3. The zero-order valence-electron chi connectivity index (χ0n) is 13.8. The maximum atomic E-state index is 14.1. The SMILES string of the molecule is CN1CC[C@]2(CC[C@@H](c3cccc(-c4ccccc4F)c3)N2)C1=O. The molecule has 2 aliphatic heterocycles. The molecule has 2 atom stereocenters. The van der Waals surface area contributed by atoms with Crippen LogP contribution in [0.25, 0.3) is 11.1 Å². The number of halogens is 1. The Bertz CT molecular complexity index is 791. The molecule has 2 aromatic carbocycles. The predicted molar refractivity (Wildman–Crippen MR) is 91.9 cm³/mol. The Morgan fingerprint density at radius 1 is 1.17 bits per heavy atom. The molecule has 0 aliphatic carbocycles. The van der Waals surface area contributed by atoms with E-state index in [4.69, 9.17) is 0 Å². The summed E-state index contributed by atoms with van der Waals surface area (Å²) >= 11 is 0. The van der Waals surface area contributed by atoms with Crippen molar-refractivity contribution in [2.24, 2.45) is 0 Å². The van der Waals surface area contributed by atoms with Gasteiger partial charge in [0.25, 0.3) is 0 Å². The second kappa shape index (κ2) is 5.71. The average molecular weight is 324 g/mol. The third-order valence-electron chi connectivity index (χ3n) is 5.41. The topological polar surface area (TPSA) is 32.3 Å². The largest absolute Gasteiger partial charge is 0.344 e. The van der Waals surface area contributed by atoms with Crippen LogP contribution in [0.15, 0.2) is 48.5 Å². The Morgan fingerprint density at radius 2 is 2.00 bits per heavy atom. The molecule has 0 saturated carbocycles. The van der Waals surface area contributed by atoms with Gasteiger partial charge in [0.15, 0.2) is 0 Å². The normalized spacial score (nSPS) is 26.5. The highest BCUT2D eigenvalue weighted by Gasteiger charge is 2.49. The zero-order chi connectivity index (χ0) is 16.7. The number of likely N-dealkylation sites (tertiary alicyclic amines) is 1. The number of amides is 1. The molecule has 3 nitrogen and oxygen atoms in total. The lowest BCUT2D eigenvalue weighted by molar-refractivity contribution is -0.131. The van der Waals surface area contributed by atoms with E-state index in [0.717, 1.165) is 36.9 Å². The summed E-state index contributed by atoms with van der Waals surface area (Å²) in [6, 6.07) is 15.0. The minimum absolute atomic E-state index is 0.146. The van der Waals surface area contributed by atoms with E-state index in [1.54, 1.807) is 12.1 Å². The molecule has 0 radical (unpaired) electrons. The van der Waals surface area contributed by atoms with E-state index in [9.17, 15) is 9.18 Å². The molecule has 1 amide bonds. The number of likely N-dealkylation sites (N-methyl/N-ethyl adjacent to an activating group) is 1. The Balaban J connectivity index is 1.62. The predicted octanol–water partition coefficient (Wildman–Crippen LogP) is 3.52. The standard InChI is InChI=1S/C20H21FN2O/c1-23-12-11-20(19(23)24)10-9-18(22-20)15-6-4-5-14(13-15)16-7-2-3-8-17(16)21/h2-8,13,18,22H,9-12H2,1H3/t18-,20+/m0/s1.